The van der Waals surface area contributed by atoms with Crippen molar-refractivity contribution in [2.45, 2.75) is 26.3 Å². The van der Waals surface area contributed by atoms with Crippen LogP contribution in [0.3, 0.4) is 0 Å². The molecule has 0 unspecified atom stereocenters. The van der Waals surface area contributed by atoms with E-state index in [0.29, 0.717) is 18.7 Å². The fraction of sp³-hybridized carbons (Fsp3) is 0.462. The summed E-state index contributed by atoms with van der Waals surface area (Å²) in [6.45, 7) is 2.67. The molecule has 1 aliphatic rings. The fourth-order valence-corrected chi connectivity index (χ4v) is 2.20. The molecule has 0 saturated carbocycles. The summed E-state index contributed by atoms with van der Waals surface area (Å²) >= 11 is 0. The van der Waals surface area contributed by atoms with Crippen molar-refractivity contribution < 1.29 is 14.7 Å². The van der Waals surface area contributed by atoms with Crippen molar-refractivity contribution in [1.82, 2.24) is 9.78 Å². The molecule has 2 N–H and O–H groups in total. The summed E-state index contributed by atoms with van der Waals surface area (Å²) in [7, 11) is 0. The Labute approximate surface area is 111 Å². The van der Waals surface area contributed by atoms with E-state index < -0.39 is 17.8 Å². The number of aryl methyl sites for hydroxylation is 1. The number of allylic oxidation sites excluding steroid dienone is 2. The number of carboxylic acid groups (broad SMARTS) is 1. The Kier molecular flexibility index (Phi) is 3.99. The molecule has 1 aliphatic carbocycles. The number of anilines is 1. The lowest BCUT2D eigenvalue weighted by atomic mass is 9.82. The highest BCUT2D eigenvalue weighted by Gasteiger charge is 2.34. The smallest absolute Gasteiger partial charge is 0.307 e. The van der Waals surface area contributed by atoms with Gasteiger partial charge in [-0.1, -0.05) is 12.2 Å². The van der Waals surface area contributed by atoms with Gasteiger partial charge in [0, 0.05) is 18.8 Å². The van der Waals surface area contributed by atoms with Crippen LogP contribution in [0.5, 0.6) is 0 Å². The minimum absolute atomic E-state index is 0.280. The van der Waals surface area contributed by atoms with E-state index in [4.69, 9.17) is 5.11 Å². The van der Waals surface area contributed by atoms with Crippen molar-refractivity contribution in [2.24, 2.45) is 11.8 Å². The van der Waals surface area contributed by atoms with Gasteiger partial charge in [0.15, 0.2) is 5.82 Å². The predicted molar refractivity (Wildman–Crippen MR) is 69.5 cm³/mol. The van der Waals surface area contributed by atoms with E-state index in [1.54, 1.807) is 16.9 Å². The number of aliphatic carboxylic acids is 1. The molecule has 0 saturated heterocycles. The van der Waals surface area contributed by atoms with Crippen LogP contribution in [0.15, 0.2) is 24.4 Å². The van der Waals surface area contributed by atoms with Gasteiger partial charge in [0.05, 0.1) is 11.8 Å². The summed E-state index contributed by atoms with van der Waals surface area (Å²) in [6, 6.07) is 1.70. The Balaban J connectivity index is 2.05. The first kappa shape index (κ1) is 13.3. The maximum Gasteiger partial charge on any atom is 0.307 e. The molecule has 1 amide bonds. The molecule has 102 valence electrons. The third-order valence-corrected chi connectivity index (χ3v) is 3.30. The van der Waals surface area contributed by atoms with Crippen molar-refractivity contribution in [3.05, 3.63) is 24.4 Å². The number of aromatic nitrogens is 2. The summed E-state index contributed by atoms with van der Waals surface area (Å²) in [4.78, 5) is 23.3. The summed E-state index contributed by atoms with van der Waals surface area (Å²) in [5.41, 5.74) is 0. The van der Waals surface area contributed by atoms with Crippen LogP contribution in [-0.4, -0.2) is 26.8 Å². The summed E-state index contributed by atoms with van der Waals surface area (Å²) in [6.07, 6.45) is 6.29. The summed E-state index contributed by atoms with van der Waals surface area (Å²) in [5, 5.41) is 16.0. The van der Waals surface area contributed by atoms with Gasteiger partial charge in [-0.3, -0.25) is 14.3 Å². The second-order valence-electron chi connectivity index (χ2n) is 4.54. The second kappa shape index (κ2) is 5.69. The zero-order chi connectivity index (χ0) is 13.8. The van der Waals surface area contributed by atoms with Crippen molar-refractivity contribution in [2.75, 3.05) is 5.32 Å². The lowest BCUT2D eigenvalue weighted by Gasteiger charge is -2.23. The van der Waals surface area contributed by atoms with E-state index in [0.717, 1.165) is 6.54 Å². The monoisotopic (exact) mass is 263 g/mol. The van der Waals surface area contributed by atoms with Gasteiger partial charge in [-0.15, -0.1) is 0 Å². The molecule has 1 aromatic rings. The zero-order valence-electron chi connectivity index (χ0n) is 10.7. The van der Waals surface area contributed by atoms with Crippen LogP contribution in [0.1, 0.15) is 19.8 Å². The molecule has 0 aromatic carbocycles. The lowest BCUT2D eigenvalue weighted by Crippen LogP contribution is -2.34. The van der Waals surface area contributed by atoms with Gasteiger partial charge in [-0.25, -0.2) is 0 Å². The molecule has 0 fully saturated rings. The number of rotatable bonds is 4. The van der Waals surface area contributed by atoms with Gasteiger partial charge in [0.2, 0.25) is 5.91 Å². The van der Waals surface area contributed by atoms with Gasteiger partial charge in [-0.05, 0) is 19.8 Å². The molecule has 2 rings (SSSR count). The third kappa shape index (κ3) is 3.01. The Bertz CT molecular complexity index is 507. The van der Waals surface area contributed by atoms with Crippen LogP contribution in [0.2, 0.25) is 0 Å². The molecular formula is C13H17N3O3. The quantitative estimate of drug-likeness (QED) is 0.806. The van der Waals surface area contributed by atoms with Crippen molar-refractivity contribution in [3.63, 3.8) is 0 Å². The van der Waals surface area contributed by atoms with Crippen LogP contribution in [0.25, 0.3) is 0 Å². The number of carbonyl (C=O) groups excluding carboxylic acids is 1. The molecule has 0 spiro atoms. The summed E-state index contributed by atoms with van der Waals surface area (Å²) in [5.74, 6) is -1.93. The Morgan fingerprint density at radius 1 is 1.42 bits per heavy atom. The topological polar surface area (TPSA) is 84.2 Å². The number of carbonyl (C=O) groups is 2. The molecule has 6 heteroatoms. The van der Waals surface area contributed by atoms with E-state index in [9.17, 15) is 9.59 Å². The zero-order valence-corrected chi connectivity index (χ0v) is 10.7. The van der Waals surface area contributed by atoms with Crippen LogP contribution in [-0.2, 0) is 16.1 Å². The van der Waals surface area contributed by atoms with Gasteiger partial charge in [-0.2, -0.15) is 5.10 Å². The lowest BCUT2D eigenvalue weighted by molar-refractivity contribution is -0.146. The molecule has 1 heterocycles. The maximum absolute atomic E-state index is 12.1. The highest BCUT2D eigenvalue weighted by atomic mass is 16.4. The largest absolute Gasteiger partial charge is 0.481 e. The second-order valence-corrected chi connectivity index (χ2v) is 4.54. The van der Waals surface area contributed by atoms with Gasteiger partial charge in [0.1, 0.15) is 0 Å². The number of hydrogen-bond donors (Lipinski definition) is 2. The van der Waals surface area contributed by atoms with Crippen LogP contribution >= 0.6 is 0 Å². The molecule has 0 radical (unpaired) electrons. The van der Waals surface area contributed by atoms with Gasteiger partial charge < -0.3 is 10.4 Å². The van der Waals surface area contributed by atoms with Crippen LogP contribution in [0, 0.1) is 11.8 Å². The summed E-state index contributed by atoms with van der Waals surface area (Å²) < 4.78 is 1.70. The normalized spacial score (nSPS) is 22.2. The van der Waals surface area contributed by atoms with Gasteiger partial charge in [0.25, 0.3) is 0 Å². The fourth-order valence-electron chi connectivity index (χ4n) is 2.20. The molecule has 2 atom stereocenters. The standard InChI is InChI=1S/C13H17N3O3/c1-2-16-8-7-11(15-16)14-12(17)9-5-3-4-6-10(9)13(18)19/h3-4,7-10H,2,5-6H2,1H3,(H,18,19)(H,14,15,17)/t9-,10+/m0/s1. The van der Waals surface area contributed by atoms with Gasteiger partial charge >= 0.3 is 5.97 Å². The highest BCUT2D eigenvalue weighted by molar-refractivity contribution is 5.94. The molecular weight excluding hydrogens is 246 g/mol. The highest BCUT2D eigenvalue weighted by Crippen LogP contribution is 2.27. The first-order valence-corrected chi connectivity index (χ1v) is 6.34. The third-order valence-electron chi connectivity index (χ3n) is 3.30. The minimum Gasteiger partial charge on any atom is -0.481 e. The number of nitrogens with one attached hydrogen (secondary N) is 1. The number of hydrogen-bond acceptors (Lipinski definition) is 3. The van der Waals surface area contributed by atoms with E-state index in [1.165, 1.54) is 0 Å². The maximum atomic E-state index is 12.1. The predicted octanol–water partition coefficient (Wildman–Crippen LogP) is 1.51. The average Bonchev–Trinajstić information content (AvgIpc) is 2.86. The Morgan fingerprint density at radius 2 is 2.11 bits per heavy atom. The molecule has 1 aromatic heterocycles. The molecule has 0 bridgehead atoms. The Hall–Kier alpha value is -2.11. The number of amides is 1. The van der Waals surface area contributed by atoms with Crippen LogP contribution < -0.4 is 5.32 Å². The van der Waals surface area contributed by atoms with Crippen molar-refractivity contribution in [1.29, 1.82) is 0 Å². The van der Waals surface area contributed by atoms with Crippen molar-refractivity contribution >= 4 is 17.7 Å². The SMILES string of the molecule is CCn1ccc(NC(=O)[C@H]2CC=CC[C@H]2C(=O)O)n1. The molecule has 19 heavy (non-hydrogen) atoms. The first-order chi connectivity index (χ1) is 9.11. The number of nitrogens with zero attached hydrogens (tertiary/aromatic N) is 2. The average molecular weight is 263 g/mol. The van der Waals surface area contributed by atoms with E-state index in [1.807, 2.05) is 19.1 Å². The first-order valence-electron chi connectivity index (χ1n) is 6.34. The minimum atomic E-state index is -0.927. The van der Waals surface area contributed by atoms with E-state index in [2.05, 4.69) is 10.4 Å². The molecule has 0 aliphatic heterocycles. The number of carboxylic acids is 1. The molecule has 6 nitrogen and oxygen atoms in total. The van der Waals surface area contributed by atoms with E-state index >= 15 is 0 Å². The van der Waals surface area contributed by atoms with Crippen LogP contribution in [0.4, 0.5) is 5.82 Å². The Morgan fingerprint density at radius 3 is 2.68 bits per heavy atom. The van der Waals surface area contributed by atoms with E-state index in [-0.39, 0.29) is 5.91 Å². The van der Waals surface area contributed by atoms with Crippen molar-refractivity contribution in [3.8, 4) is 0 Å².